The first-order chi connectivity index (χ1) is 7.86. The molecule has 0 aliphatic carbocycles. The molecule has 0 radical (unpaired) electrons. The van der Waals surface area contributed by atoms with Crippen LogP contribution < -0.4 is 5.73 Å². The fourth-order valence-electron chi connectivity index (χ4n) is 1.64. The van der Waals surface area contributed by atoms with Crippen LogP contribution in [0.1, 0.15) is 11.3 Å². The van der Waals surface area contributed by atoms with E-state index in [1.54, 1.807) is 19.6 Å². The lowest BCUT2D eigenvalue weighted by Gasteiger charge is -2.01. The van der Waals surface area contributed by atoms with Gasteiger partial charge in [0.05, 0.1) is 5.69 Å². The van der Waals surface area contributed by atoms with Crippen LogP contribution in [0.5, 0.6) is 0 Å². The second-order valence-corrected chi connectivity index (χ2v) is 3.40. The topological polar surface area (TPSA) is 61.3 Å². The maximum atomic E-state index is 5.72. The van der Waals surface area contributed by atoms with Gasteiger partial charge in [0.15, 0.2) is 0 Å². The third-order valence-electron chi connectivity index (χ3n) is 2.40. The van der Waals surface area contributed by atoms with Crippen molar-refractivity contribution >= 4 is 0 Å². The highest BCUT2D eigenvalue weighted by Crippen LogP contribution is 2.26. The van der Waals surface area contributed by atoms with Gasteiger partial charge in [-0.2, -0.15) is 0 Å². The van der Waals surface area contributed by atoms with Gasteiger partial charge < -0.3 is 14.9 Å². The van der Waals surface area contributed by atoms with E-state index in [-0.39, 0.29) is 0 Å². The SMILES string of the molecule is COCc1occ(-c2ccccn2)c1CN. The number of nitrogens with zero attached hydrogens (tertiary/aromatic N) is 1. The van der Waals surface area contributed by atoms with E-state index in [0.717, 1.165) is 22.6 Å². The third kappa shape index (κ3) is 1.98. The number of pyridine rings is 1. The highest BCUT2D eigenvalue weighted by atomic mass is 16.5. The Morgan fingerprint density at radius 3 is 2.94 bits per heavy atom. The van der Waals surface area contributed by atoms with Crippen molar-refractivity contribution in [2.24, 2.45) is 5.73 Å². The Labute approximate surface area is 94.1 Å². The number of methoxy groups -OCH3 is 1. The Morgan fingerprint density at radius 2 is 2.31 bits per heavy atom. The maximum absolute atomic E-state index is 5.72. The minimum atomic E-state index is 0.418. The molecule has 16 heavy (non-hydrogen) atoms. The van der Waals surface area contributed by atoms with Crippen LogP contribution in [0.3, 0.4) is 0 Å². The van der Waals surface area contributed by atoms with Crippen LogP contribution >= 0.6 is 0 Å². The summed E-state index contributed by atoms with van der Waals surface area (Å²) in [7, 11) is 1.63. The molecule has 0 saturated carbocycles. The van der Waals surface area contributed by atoms with Crippen molar-refractivity contribution < 1.29 is 9.15 Å². The van der Waals surface area contributed by atoms with Crippen molar-refractivity contribution in [3.63, 3.8) is 0 Å². The lowest BCUT2D eigenvalue weighted by Crippen LogP contribution is -2.01. The molecule has 0 aliphatic heterocycles. The molecule has 0 amide bonds. The molecule has 0 saturated heterocycles. The summed E-state index contributed by atoms with van der Waals surface area (Å²) in [6.07, 6.45) is 3.43. The first-order valence-corrected chi connectivity index (χ1v) is 5.06. The van der Waals surface area contributed by atoms with Gasteiger partial charge in [0, 0.05) is 31.0 Å². The summed E-state index contributed by atoms with van der Waals surface area (Å²) >= 11 is 0. The quantitative estimate of drug-likeness (QED) is 0.852. The van der Waals surface area contributed by atoms with Crippen molar-refractivity contribution in [2.75, 3.05) is 7.11 Å². The lowest BCUT2D eigenvalue weighted by atomic mass is 10.1. The Kier molecular flexibility index (Phi) is 3.34. The van der Waals surface area contributed by atoms with Crippen molar-refractivity contribution in [3.8, 4) is 11.3 Å². The zero-order valence-electron chi connectivity index (χ0n) is 9.14. The molecule has 0 fully saturated rings. The van der Waals surface area contributed by atoms with Gasteiger partial charge in [0.2, 0.25) is 0 Å². The summed E-state index contributed by atoms with van der Waals surface area (Å²) in [4.78, 5) is 4.27. The van der Waals surface area contributed by atoms with Gasteiger partial charge in [-0.3, -0.25) is 4.98 Å². The van der Waals surface area contributed by atoms with E-state index in [1.807, 2.05) is 18.2 Å². The van der Waals surface area contributed by atoms with E-state index >= 15 is 0 Å². The van der Waals surface area contributed by atoms with Crippen molar-refractivity contribution in [2.45, 2.75) is 13.2 Å². The summed E-state index contributed by atoms with van der Waals surface area (Å²) in [5.41, 5.74) is 8.49. The summed E-state index contributed by atoms with van der Waals surface area (Å²) in [5, 5.41) is 0. The molecular weight excluding hydrogens is 204 g/mol. The first-order valence-electron chi connectivity index (χ1n) is 5.06. The van der Waals surface area contributed by atoms with Crippen LogP contribution in [-0.4, -0.2) is 12.1 Å². The summed E-state index contributed by atoms with van der Waals surface area (Å²) < 4.78 is 10.5. The van der Waals surface area contributed by atoms with Gasteiger partial charge in [0.25, 0.3) is 0 Å². The molecule has 2 aromatic rings. The van der Waals surface area contributed by atoms with E-state index in [0.29, 0.717) is 13.2 Å². The van der Waals surface area contributed by atoms with Crippen molar-refractivity contribution in [1.82, 2.24) is 4.98 Å². The highest BCUT2D eigenvalue weighted by Gasteiger charge is 2.14. The number of rotatable bonds is 4. The molecule has 2 N–H and O–H groups in total. The van der Waals surface area contributed by atoms with Gasteiger partial charge >= 0.3 is 0 Å². The molecule has 4 heteroatoms. The van der Waals surface area contributed by atoms with Crippen LogP contribution in [0.15, 0.2) is 35.1 Å². The van der Waals surface area contributed by atoms with Gasteiger partial charge in [-0.15, -0.1) is 0 Å². The zero-order chi connectivity index (χ0) is 11.4. The largest absolute Gasteiger partial charge is 0.466 e. The number of hydrogen-bond acceptors (Lipinski definition) is 4. The zero-order valence-corrected chi connectivity index (χ0v) is 9.14. The molecule has 0 spiro atoms. The monoisotopic (exact) mass is 218 g/mol. The Hall–Kier alpha value is -1.65. The second kappa shape index (κ2) is 4.92. The fraction of sp³-hybridized carbons (Fsp3) is 0.250. The van der Waals surface area contributed by atoms with E-state index in [1.165, 1.54) is 0 Å². The molecule has 0 bridgehead atoms. The standard InChI is InChI=1S/C12H14N2O2/c1-15-8-12-9(6-13)10(7-16-12)11-4-2-3-5-14-11/h2-5,7H,6,8,13H2,1H3. The first kappa shape index (κ1) is 10.9. The fourth-order valence-corrected chi connectivity index (χ4v) is 1.64. The van der Waals surface area contributed by atoms with Crippen molar-refractivity contribution in [1.29, 1.82) is 0 Å². The van der Waals surface area contributed by atoms with Crippen LogP contribution in [0.4, 0.5) is 0 Å². The molecule has 2 aromatic heterocycles. The number of aromatic nitrogens is 1. The molecule has 0 aromatic carbocycles. The van der Waals surface area contributed by atoms with E-state index in [4.69, 9.17) is 14.9 Å². The molecule has 4 nitrogen and oxygen atoms in total. The molecule has 0 aliphatic rings. The Balaban J connectivity index is 2.42. The normalized spacial score (nSPS) is 10.6. The number of ether oxygens (including phenoxy) is 1. The average Bonchev–Trinajstić information content (AvgIpc) is 2.73. The number of nitrogens with two attached hydrogens (primary N) is 1. The van der Waals surface area contributed by atoms with Crippen LogP contribution in [0.25, 0.3) is 11.3 Å². The smallest absolute Gasteiger partial charge is 0.134 e. The predicted molar refractivity (Wildman–Crippen MR) is 60.5 cm³/mol. The number of furan rings is 1. The second-order valence-electron chi connectivity index (χ2n) is 3.40. The molecular formula is C12H14N2O2. The average molecular weight is 218 g/mol. The van der Waals surface area contributed by atoms with Gasteiger partial charge in [-0.1, -0.05) is 6.07 Å². The molecule has 84 valence electrons. The van der Waals surface area contributed by atoms with E-state index < -0.39 is 0 Å². The molecule has 0 atom stereocenters. The highest BCUT2D eigenvalue weighted by molar-refractivity contribution is 5.63. The molecule has 2 heterocycles. The molecule has 2 rings (SSSR count). The number of hydrogen-bond donors (Lipinski definition) is 1. The lowest BCUT2D eigenvalue weighted by molar-refractivity contribution is 0.163. The third-order valence-corrected chi connectivity index (χ3v) is 2.40. The predicted octanol–water partition coefficient (Wildman–Crippen LogP) is 1.95. The van der Waals surface area contributed by atoms with Crippen LogP contribution in [-0.2, 0) is 17.9 Å². The van der Waals surface area contributed by atoms with Crippen molar-refractivity contribution in [3.05, 3.63) is 42.0 Å². The van der Waals surface area contributed by atoms with Gasteiger partial charge in [0.1, 0.15) is 18.6 Å². The van der Waals surface area contributed by atoms with Gasteiger partial charge in [-0.25, -0.2) is 0 Å². The Morgan fingerprint density at radius 1 is 1.44 bits per heavy atom. The molecule has 0 unspecified atom stereocenters. The van der Waals surface area contributed by atoms with Crippen LogP contribution in [0, 0.1) is 0 Å². The van der Waals surface area contributed by atoms with Gasteiger partial charge in [-0.05, 0) is 12.1 Å². The maximum Gasteiger partial charge on any atom is 0.134 e. The van der Waals surface area contributed by atoms with E-state index in [2.05, 4.69) is 4.98 Å². The Bertz CT molecular complexity index is 451. The van der Waals surface area contributed by atoms with Crippen LogP contribution in [0.2, 0.25) is 0 Å². The minimum absolute atomic E-state index is 0.418. The van der Waals surface area contributed by atoms with E-state index in [9.17, 15) is 0 Å². The summed E-state index contributed by atoms with van der Waals surface area (Å²) in [6, 6.07) is 5.74. The summed E-state index contributed by atoms with van der Waals surface area (Å²) in [5.74, 6) is 0.769. The summed E-state index contributed by atoms with van der Waals surface area (Å²) in [6.45, 7) is 0.848. The minimum Gasteiger partial charge on any atom is -0.466 e.